The number of aliphatic hydroxyl groups is 5. The molecule has 1 rings (SSSR count). The summed E-state index contributed by atoms with van der Waals surface area (Å²) in [5.41, 5.74) is 0. The minimum Gasteiger partial charge on any atom is -0.394 e. The molecule has 0 aromatic carbocycles. The van der Waals surface area contributed by atoms with Gasteiger partial charge in [-0.1, -0.05) is 193 Å². The zero-order chi connectivity index (χ0) is 45.0. The number of hydrogen-bond donors (Lipinski definition) is 7. The van der Waals surface area contributed by atoms with E-state index in [0.29, 0.717) is 19.3 Å². The minimum absolute atomic E-state index is 0.255. The predicted molar refractivity (Wildman–Crippen MR) is 242 cm³/mol. The maximum Gasteiger partial charge on any atom is 0.397 e. The second kappa shape index (κ2) is 38.1. The van der Waals surface area contributed by atoms with E-state index in [1.807, 2.05) is 0 Å². The normalized spacial score (nSPS) is 21.2. The van der Waals surface area contributed by atoms with E-state index < -0.39 is 78.5 Å². The molecule has 8 atom stereocenters. The van der Waals surface area contributed by atoms with Crippen LogP contribution in [0.1, 0.15) is 219 Å². The van der Waals surface area contributed by atoms with Crippen molar-refractivity contribution in [1.29, 1.82) is 0 Å². The highest BCUT2D eigenvalue weighted by Crippen LogP contribution is 2.26. The zero-order valence-electron chi connectivity index (χ0n) is 38.4. The molecule has 8 unspecified atom stereocenters. The standard InChI is InChI=1S/C47H91NO12S/c1-3-5-7-9-11-13-15-17-18-19-20-21-22-24-26-28-30-32-34-36-41(51)46(54)48-39(40(50)35-33-31-29-27-25-23-16-14-12-10-8-6-4-2)38-58-47-44(53)45(60-61(55,56)57)43(52)42(37-49)59-47/h20-21,39-45,47,49-53H,3-19,22-38H2,1-2H3,(H,48,54)(H,55,56,57)/b21-20-. The summed E-state index contributed by atoms with van der Waals surface area (Å²) in [6, 6.07) is -1.03. The van der Waals surface area contributed by atoms with Crippen molar-refractivity contribution in [3.63, 3.8) is 0 Å². The van der Waals surface area contributed by atoms with Crippen molar-refractivity contribution in [2.45, 2.75) is 268 Å². The number of ether oxygens (including phenoxy) is 2. The van der Waals surface area contributed by atoms with E-state index in [0.717, 1.165) is 57.8 Å². The first-order chi connectivity index (χ1) is 29.4. The Morgan fingerprint density at radius 3 is 1.48 bits per heavy atom. The van der Waals surface area contributed by atoms with Gasteiger partial charge in [-0.2, -0.15) is 8.42 Å². The monoisotopic (exact) mass is 894 g/mol. The molecule has 1 amide bonds. The third-order valence-corrected chi connectivity index (χ3v) is 12.4. The lowest BCUT2D eigenvalue weighted by Crippen LogP contribution is -2.61. The van der Waals surface area contributed by atoms with Crippen LogP contribution in [0, 0.1) is 0 Å². The van der Waals surface area contributed by atoms with Crippen LogP contribution in [0.25, 0.3) is 0 Å². The van der Waals surface area contributed by atoms with Gasteiger partial charge in [0.05, 0.1) is 25.4 Å². The number of rotatable bonds is 42. The first kappa shape index (κ1) is 57.8. The lowest BCUT2D eigenvalue weighted by Gasteiger charge is -2.41. The molecule has 0 bridgehead atoms. The van der Waals surface area contributed by atoms with E-state index in [2.05, 4.69) is 35.5 Å². The summed E-state index contributed by atoms with van der Waals surface area (Å²) >= 11 is 0. The molecule has 0 aromatic rings. The smallest absolute Gasteiger partial charge is 0.394 e. The molecule has 1 aliphatic heterocycles. The minimum atomic E-state index is -5.11. The second-order valence-corrected chi connectivity index (χ2v) is 18.6. The van der Waals surface area contributed by atoms with Crippen LogP contribution in [0.3, 0.4) is 0 Å². The van der Waals surface area contributed by atoms with Crippen molar-refractivity contribution in [2.75, 3.05) is 13.2 Å². The number of allylic oxidation sites excluding steroid dienone is 2. The van der Waals surface area contributed by atoms with Gasteiger partial charge < -0.3 is 40.3 Å². The van der Waals surface area contributed by atoms with Crippen molar-refractivity contribution in [1.82, 2.24) is 5.32 Å². The molecule has 0 saturated carbocycles. The molecule has 0 radical (unpaired) electrons. The SMILES string of the molecule is CCCCCCCCCCC/C=C\CCCCCCCCC(O)C(=O)NC(COC1OC(CO)C(O)C(OS(=O)(=O)O)C1O)C(O)CCCCCCCCCCCCCCC. The molecular formula is C47H91NO12S. The molecule has 0 spiro atoms. The van der Waals surface area contributed by atoms with Crippen LogP contribution in [-0.4, -0.2) is 107 Å². The average molecular weight is 894 g/mol. The van der Waals surface area contributed by atoms with Crippen LogP contribution in [0.2, 0.25) is 0 Å². The van der Waals surface area contributed by atoms with Crippen molar-refractivity contribution in [3.8, 4) is 0 Å². The summed E-state index contributed by atoms with van der Waals surface area (Å²) in [6.45, 7) is 3.28. The van der Waals surface area contributed by atoms with Gasteiger partial charge in [0.25, 0.3) is 0 Å². The van der Waals surface area contributed by atoms with Crippen molar-refractivity contribution < 1.29 is 57.0 Å². The molecule has 1 saturated heterocycles. The molecular weight excluding hydrogens is 803 g/mol. The van der Waals surface area contributed by atoms with Crippen molar-refractivity contribution in [2.24, 2.45) is 0 Å². The highest BCUT2D eigenvalue weighted by molar-refractivity contribution is 7.80. The molecule has 1 heterocycles. The number of nitrogens with one attached hydrogen (secondary N) is 1. The summed E-state index contributed by atoms with van der Waals surface area (Å²) in [7, 11) is -5.11. The maximum atomic E-state index is 13.1. The highest BCUT2D eigenvalue weighted by Gasteiger charge is 2.48. The summed E-state index contributed by atoms with van der Waals surface area (Å²) in [4.78, 5) is 13.1. The highest BCUT2D eigenvalue weighted by atomic mass is 32.3. The van der Waals surface area contributed by atoms with Crippen LogP contribution in [0.4, 0.5) is 0 Å². The number of unbranched alkanes of at least 4 members (excludes halogenated alkanes) is 27. The Morgan fingerprint density at radius 1 is 0.639 bits per heavy atom. The Hall–Kier alpha value is -1.20. The fraction of sp³-hybridized carbons (Fsp3) is 0.936. The molecule has 13 nitrogen and oxygen atoms in total. The average Bonchev–Trinajstić information content (AvgIpc) is 3.23. The van der Waals surface area contributed by atoms with Gasteiger partial charge in [0.15, 0.2) is 6.29 Å². The summed E-state index contributed by atoms with van der Waals surface area (Å²) < 4.78 is 47.6. The molecule has 0 aliphatic carbocycles. The number of amides is 1. The molecule has 7 N–H and O–H groups in total. The van der Waals surface area contributed by atoms with E-state index in [1.165, 1.54) is 122 Å². The van der Waals surface area contributed by atoms with E-state index in [-0.39, 0.29) is 6.42 Å². The van der Waals surface area contributed by atoms with Crippen molar-refractivity contribution >= 4 is 16.3 Å². The van der Waals surface area contributed by atoms with Gasteiger partial charge in [-0.25, -0.2) is 4.18 Å². The lowest BCUT2D eigenvalue weighted by molar-refractivity contribution is -0.298. The van der Waals surface area contributed by atoms with E-state index in [9.17, 15) is 43.3 Å². The fourth-order valence-electron chi connectivity index (χ4n) is 7.99. The first-order valence-corrected chi connectivity index (χ1v) is 26.0. The molecule has 1 aliphatic rings. The molecule has 0 aromatic heterocycles. The van der Waals surface area contributed by atoms with Crippen LogP contribution in [0.5, 0.6) is 0 Å². The largest absolute Gasteiger partial charge is 0.397 e. The van der Waals surface area contributed by atoms with Crippen LogP contribution < -0.4 is 5.32 Å². The van der Waals surface area contributed by atoms with Crippen LogP contribution in [-0.2, 0) is 28.9 Å². The van der Waals surface area contributed by atoms with Gasteiger partial charge in [0.2, 0.25) is 5.91 Å². The quantitative estimate of drug-likeness (QED) is 0.0174. The molecule has 61 heavy (non-hydrogen) atoms. The Balaban J connectivity index is 2.50. The number of aliphatic hydroxyl groups excluding tert-OH is 5. The van der Waals surface area contributed by atoms with Gasteiger partial charge in [-0.05, 0) is 38.5 Å². The number of hydrogen-bond acceptors (Lipinski definition) is 11. The summed E-state index contributed by atoms with van der Waals surface area (Å²) in [6.07, 6.45) is 29.6. The van der Waals surface area contributed by atoms with Gasteiger partial charge in [-0.15, -0.1) is 0 Å². The summed E-state index contributed by atoms with van der Waals surface area (Å²) in [5, 5.41) is 55.4. The zero-order valence-corrected chi connectivity index (χ0v) is 39.2. The Labute approximate surface area is 371 Å². The lowest BCUT2D eigenvalue weighted by atomic mass is 9.99. The van der Waals surface area contributed by atoms with Crippen LogP contribution >= 0.6 is 0 Å². The Kier molecular flexibility index (Phi) is 36.1. The third kappa shape index (κ3) is 30.6. The second-order valence-electron chi connectivity index (χ2n) is 17.5. The van der Waals surface area contributed by atoms with Gasteiger partial charge in [0.1, 0.15) is 30.5 Å². The molecule has 14 heteroatoms. The molecule has 362 valence electrons. The Morgan fingerprint density at radius 2 is 1.05 bits per heavy atom. The third-order valence-electron chi connectivity index (χ3n) is 11.9. The van der Waals surface area contributed by atoms with Gasteiger partial charge >= 0.3 is 10.4 Å². The van der Waals surface area contributed by atoms with Gasteiger partial charge in [0, 0.05) is 0 Å². The predicted octanol–water partition coefficient (Wildman–Crippen LogP) is 8.92. The van der Waals surface area contributed by atoms with Crippen molar-refractivity contribution in [3.05, 3.63) is 12.2 Å². The summed E-state index contributed by atoms with van der Waals surface area (Å²) in [5.74, 6) is -0.673. The van der Waals surface area contributed by atoms with E-state index in [4.69, 9.17) is 9.47 Å². The fourth-order valence-corrected chi connectivity index (χ4v) is 8.50. The van der Waals surface area contributed by atoms with E-state index in [1.54, 1.807) is 0 Å². The number of carbonyl (C=O) groups is 1. The number of carbonyl (C=O) groups excluding carboxylic acids is 1. The van der Waals surface area contributed by atoms with Crippen LogP contribution in [0.15, 0.2) is 12.2 Å². The maximum absolute atomic E-state index is 13.1. The topological polar surface area (TPSA) is 212 Å². The van der Waals surface area contributed by atoms with Gasteiger partial charge in [-0.3, -0.25) is 9.35 Å². The Bertz CT molecular complexity index is 1160. The van der Waals surface area contributed by atoms with E-state index >= 15 is 0 Å². The first-order valence-electron chi connectivity index (χ1n) is 24.7. The molecule has 1 fully saturated rings.